The van der Waals surface area contributed by atoms with Gasteiger partial charge in [0, 0.05) is 36.9 Å². The Kier molecular flexibility index (Phi) is 4.66. The number of anilines is 1. The van der Waals surface area contributed by atoms with Gasteiger partial charge in [0.05, 0.1) is 6.04 Å². The molecule has 1 atom stereocenters. The molecule has 1 aliphatic heterocycles. The summed E-state index contributed by atoms with van der Waals surface area (Å²) in [6.45, 7) is 5.49. The van der Waals surface area contributed by atoms with E-state index in [4.69, 9.17) is 17.3 Å². The molecule has 1 aliphatic rings. The summed E-state index contributed by atoms with van der Waals surface area (Å²) in [6.07, 6.45) is 0.770. The highest BCUT2D eigenvalue weighted by molar-refractivity contribution is 6.30. The Morgan fingerprint density at radius 2 is 2.05 bits per heavy atom. The van der Waals surface area contributed by atoms with Crippen molar-refractivity contribution in [1.82, 2.24) is 4.90 Å². The lowest BCUT2D eigenvalue weighted by Crippen LogP contribution is -2.54. The Morgan fingerprint density at radius 3 is 2.58 bits per heavy atom. The molecule has 0 bridgehead atoms. The molecular formula is C14H20ClN3O. The van der Waals surface area contributed by atoms with Crippen molar-refractivity contribution in [2.45, 2.75) is 19.4 Å². The lowest BCUT2D eigenvalue weighted by atomic mass is 10.1. The first-order chi connectivity index (χ1) is 9.11. The number of amides is 1. The molecule has 1 aromatic carbocycles. The van der Waals surface area contributed by atoms with Crippen LogP contribution in [0.4, 0.5) is 5.69 Å². The van der Waals surface area contributed by atoms with E-state index in [2.05, 4.69) is 15.9 Å². The van der Waals surface area contributed by atoms with Crippen LogP contribution in [0.5, 0.6) is 0 Å². The second kappa shape index (κ2) is 6.26. The van der Waals surface area contributed by atoms with E-state index < -0.39 is 0 Å². The molecule has 0 spiro atoms. The zero-order chi connectivity index (χ0) is 13.8. The molecule has 4 nitrogen and oxygen atoms in total. The maximum atomic E-state index is 11.4. The molecule has 0 aliphatic carbocycles. The SMILES string of the molecule is CC[C@@H](C(N)=O)N1CCN(c2cccc(Cl)c2)CC1. The second-order valence-corrected chi connectivity index (χ2v) is 5.27. The van der Waals surface area contributed by atoms with Crippen LogP contribution in [-0.2, 0) is 4.79 Å². The average Bonchev–Trinajstić information content (AvgIpc) is 2.40. The molecule has 5 heteroatoms. The topological polar surface area (TPSA) is 49.6 Å². The van der Waals surface area contributed by atoms with Crippen LogP contribution < -0.4 is 10.6 Å². The summed E-state index contributed by atoms with van der Waals surface area (Å²) >= 11 is 6.01. The third-order valence-corrected chi connectivity index (χ3v) is 3.88. The summed E-state index contributed by atoms with van der Waals surface area (Å²) in [6, 6.07) is 7.74. The summed E-state index contributed by atoms with van der Waals surface area (Å²) in [7, 11) is 0. The van der Waals surface area contributed by atoms with Gasteiger partial charge in [-0.15, -0.1) is 0 Å². The van der Waals surface area contributed by atoms with Crippen molar-refractivity contribution >= 4 is 23.2 Å². The molecule has 1 heterocycles. The number of rotatable bonds is 4. The molecule has 0 unspecified atom stereocenters. The molecule has 1 aromatic rings. The fourth-order valence-corrected chi connectivity index (χ4v) is 2.79. The Morgan fingerprint density at radius 1 is 1.37 bits per heavy atom. The predicted molar refractivity (Wildman–Crippen MR) is 78.5 cm³/mol. The van der Waals surface area contributed by atoms with Crippen LogP contribution in [0, 0.1) is 0 Å². The van der Waals surface area contributed by atoms with Crippen LogP contribution in [0.2, 0.25) is 5.02 Å². The summed E-state index contributed by atoms with van der Waals surface area (Å²) in [5, 5.41) is 0.753. The van der Waals surface area contributed by atoms with Gasteiger partial charge in [0.25, 0.3) is 0 Å². The summed E-state index contributed by atoms with van der Waals surface area (Å²) in [5.74, 6) is -0.223. The minimum absolute atomic E-state index is 0.137. The highest BCUT2D eigenvalue weighted by Gasteiger charge is 2.26. The van der Waals surface area contributed by atoms with Crippen LogP contribution in [0.15, 0.2) is 24.3 Å². The molecule has 1 saturated heterocycles. The van der Waals surface area contributed by atoms with Gasteiger partial charge in [-0.25, -0.2) is 0 Å². The predicted octanol–water partition coefficient (Wildman–Crippen LogP) is 1.73. The summed E-state index contributed by atoms with van der Waals surface area (Å²) in [5.41, 5.74) is 6.57. The van der Waals surface area contributed by atoms with Gasteiger partial charge in [0.2, 0.25) is 5.91 Å². The average molecular weight is 282 g/mol. The van der Waals surface area contributed by atoms with Crippen molar-refractivity contribution in [2.24, 2.45) is 5.73 Å². The quantitative estimate of drug-likeness (QED) is 0.914. The largest absolute Gasteiger partial charge is 0.369 e. The highest BCUT2D eigenvalue weighted by atomic mass is 35.5. The van der Waals surface area contributed by atoms with Gasteiger partial charge in [-0.2, -0.15) is 0 Å². The van der Waals surface area contributed by atoms with Gasteiger partial charge >= 0.3 is 0 Å². The smallest absolute Gasteiger partial charge is 0.234 e. The van der Waals surface area contributed by atoms with E-state index in [0.29, 0.717) is 0 Å². The summed E-state index contributed by atoms with van der Waals surface area (Å²) in [4.78, 5) is 15.8. The first-order valence-corrected chi connectivity index (χ1v) is 7.03. The van der Waals surface area contributed by atoms with Gasteiger partial charge in [-0.05, 0) is 24.6 Å². The van der Waals surface area contributed by atoms with E-state index in [1.54, 1.807) is 0 Å². The van der Waals surface area contributed by atoms with Gasteiger partial charge in [-0.1, -0.05) is 24.6 Å². The number of halogens is 1. The van der Waals surface area contributed by atoms with E-state index in [-0.39, 0.29) is 11.9 Å². The fraction of sp³-hybridized carbons (Fsp3) is 0.500. The zero-order valence-corrected chi connectivity index (χ0v) is 11.9. The van der Waals surface area contributed by atoms with E-state index in [1.807, 2.05) is 25.1 Å². The van der Waals surface area contributed by atoms with E-state index in [0.717, 1.165) is 43.3 Å². The fourth-order valence-electron chi connectivity index (χ4n) is 2.60. The van der Waals surface area contributed by atoms with Crippen LogP contribution in [0.1, 0.15) is 13.3 Å². The van der Waals surface area contributed by atoms with Crippen molar-refractivity contribution in [3.63, 3.8) is 0 Å². The second-order valence-electron chi connectivity index (χ2n) is 4.83. The number of carbonyl (C=O) groups excluding carboxylic acids is 1. The normalized spacial score (nSPS) is 18.3. The maximum Gasteiger partial charge on any atom is 0.234 e. The number of benzene rings is 1. The summed E-state index contributed by atoms with van der Waals surface area (Å²) < 4.78 is 0. The van der Waals surface area contributed by atoms with Crippen LogP contribution in [0.25, 0.3) is 0 Å². The van der Waals surface area contributed by atoms with Crippen LogP contribution >= 0.6 is 11.6 Å². The van der Waals surface area contributed by atoms with Crippen molar-refractivity contribution in [2.75, 3.05) is 31.1 Å². The molecular weight excluding hydrogens is 262 g/mol. The van der Waals surface area contributed by atoms with Crippen molar-refractivity contribution < 1.29 is 4.79 Å². The minimum Gasteiger partial charge on any atom is -0.369 e. The number of hydrogen-bond acceptors (Lipinski definition) is 3. The number of piperazine rings is 1. The first kappa shape index (κ1) is 14.2. The minimum atomic E-state index is -0.223. The maximum absolute atomic E-state index is 11.4. The number of nitrogens with two attached hydrogens (primary N) is 1. The lowest BCUT2D eigenvalue weighted by Gasteiger charge is -2.39. The number of hydrogen-bond donors (Lipinski definition) is 1. The molecule has 2 rings (SSSR count). The Balaban J connectivity index is 1.97. The molecule has 1 amide bonds. The van der Waals surface area contributed by atoms with Crippen LogP contribution in [0.3, 0.4) is 0 Å². The molecule has 1 fully saturated rings. The molecule has 2 N–H and O–H groups in total. The van der Waals surface area contributed by atoms with Crippen LogP contribution in [-0.4, -0.2) is 43.0 Å². The van der Waals surface area contributed by atoms with Gasteiger partial charge in [-0.3, -0.25) is 9.69 Å². The number of nitrogens with zero attached hydrogens (tertiary/aromatic N) is 2. The third-order valence-electron chi connectivity index (χ3n) is 3.64. The zero-order valence-electron chi connectivity index (χ0n) is 11.2. The van der Waals surface area contributed by atoms with E-state index in [9.17, 15) is 4.79 Å². The van der Waals surface area contributed by atoms with Gasteiger partial charge < -0.3 is 10.6 Å². The van der Waals surface area contributed by atoms with Gasteiger partial charge in [0.1, 0.15) is 0 Å². The molecule has 0 radical (unpaired) electrons. The third kappa shape index (κ3) is 3.39. The Hall–Kier alpha value is -1.26. The molecule has 104 valence electrons. The molecule has 19 heavy (non-hydrogen) atoms. The Bertz CT molecular complexity index is 444. The lowest BCUT2D eigenvalue weighted by molar-refractivity contribution is -0.123. The Labute approximate surface area is 119 Å². The number of primary amides is 1. The van der Waals surface area contributed by atoms with E-state index >= 15 is 0 Å². The van der Waals surface area contributed by atoms with Crippen molar-refractivity contribution in [3.05, 3.63) is 29.3 Å². The monoisotopic (exact) mass is 281 g/mol. The van der Waals surface area contributed by atoms with Gasteiger partial charge in [0.15, 0.2) is 0 Å². The molecule has 0 saturated carbocycles. The van der Waals surface area contributed by atoms with Crippen molar-refractivity contribution in [3.8, 4) is 0 Å². The van der Waals surface area contributed by atoms with E-state index in [1.165, 1.54) is 0 Å². The molecule has 0 aromatic heterocycles. The number of carbonyl (C=O) groups is 1. The standard InChI is InChI=1S/C14H20ClN3O/c1-2-13(14(16)19)18-8-6-17(7-9-18)12-5-3-4-11(15)10-12/h3-5,10,13H,2,6-9H2,1H3,(H2,16,19)/t13-/m0/s1. The highest BCUT2D eigenvalue weighted by Crippen LogP contribution is 2.21. The van der Waals surface area contributed by atoms with Crippen molar-refractivity contribution in [1.29, 1.82) is 0 Å². The first-order valence-electron chi connectivity index (χ1n) is 6.65.